The molecular formula is C13H8ClN3O2S. The molecule has 0 atom stereocenters. The molecule has 3 aromatic heterocycles. The van der Waals surface area contributed by atoms with Gasteiger partial charge in [0, 0.05) is 23.3 Å². The van der Waals surface area contributed by atoms with Crippen molar-refractivity contribution in [2.75, 3.05) is 0 Å². The minimum atomic E-state index is -0.277. The maximum absolute atomic E-state index is 12.2. The molecule has 0 radical (unpaired) electrons. The number of fused-ring (bicyclic) bond motifs is 1. The molecule has 0 bridgehead atoms. The maximum atomic E-state index is 12.2. The summed E-state index contributed by atoms with van der Waals surface area (Å²) in [7, 11) is 0. The normalized spacial score (nSPS) is 10.8. The molecule has 3 heterocycles. The van der Waals surface area contributed by atoms with Crippen LogP contribution in [0.1, 0.15) is 27.1 Å². The number of nitrogens with zero attached hydrogens (tertiary/aromatic N) is 3. The zero-order valence-electron chi connectivity index (χ0n) is 10.1. The van der Waals surface area contributed by atoms with Gasteiger partial charge < -0.3 is 0 Å². The molecule has 0 aromatic carbocycles. The summed E-state index contributed by atoms with van der Waals surface area (Å²) in [6.45, 7) is 0. The second-order valence-corrected chi connectivity index (χ2v) is 5.67. The van der Waals surface area contributed by atoms with E-state index in [1.54, 1.807) is 34.6 Å². The summed E-state index contributed by atoms with van der Waals surface area (Å²) in [6, 6.07) is 1.57. The molecule has 5 nitrogen and oxygen atoms in total. The fraction of sp³-hybridized carbons (Fsp3) is 0.0769. The van der Waals surface area contributed by atoms with Gasteiger partial charge in [0.15, 0.2) is 11.6 Å². The topological polar surface area (TPSA) is 64.3 Å². The maximum Gasteiger partial charge on any atom is 0.174 e. The molecule has 0 aliphatic rings. The van der Waals surface area contributed by atoms with Crippen LogP contribution in [-0.2, 0) is 0 Å². The number of aromatic nitrogens is 3. The van der Waals surface area contributed by atoms with E-state index in [-0.39, 0.29) is 18.0 Å². The number of rotatable bonds is 4. The van der Waals surface area contributed by atoms with E-state index in [0.29, 0.717) is 21.0 Å². The Kier molecular flexibility index (Phi) is 3.33. The lowest BCUT2D eigenvalue weighted by atomic mass is 10.1. The van der Waals surface area contributed by atoms with E-state index in [0.717, 1.165) is 0 Å². The molecule has 0 aliphatic carbocycles. The Labute approximate surface area is 122 Å². The van der Waals surface area contributed by atoms with Crippen LogP contribution >= 0.6 is 22.9 Å². The third-order valence-electron chi connectivity index (χ3n) is 2.84. The van der Waals surface area contributed by atoms with Gasteiger partial charge in [-0.25, -0.2) is 4.52 Å². The number of halogens is 1. The highest BCUT2D eigenvalue weighted by atomic mass is 35.5. The van der Waals surface area contributed by atoms with Crippen molar-refractivity contribution < 1.29 is 9.59 Å². The van der Waals surface area contributed by atoms with E-state index < -0.39 is 0 Å². The summed E-state index contributed by atoms with van der Waals surface area (Å²) in [5.74, 6) is -0.526. The predicted molar refractivity (Wildman–Crippen MR) is 75.6 cm³/mol. The molecular weight excluding hydrogens is 298 g/mol. The number of thiophene rings is 1. The first kappa shape index (κ1) is 13.0. The highest BCUT2D eigenvalue weighted by Gasteiger charge is 2.18. The molecule has 100 valence electrons. The van der Waals surface area contributed by atoms with E-state index >= 15 is 0 Å². The molecule has 0 spiro atoms. The Bertz CT molecular complexity index is 809. The van der Waals surface area contributed by atoms with Crippen LogP contribution < -0.4 is 0 Å². The lowest BCUT2D eigenvalue weighted by molar-refractivity contribution is 0.0895. The summed E-state index contributed by atoms with van der Waals surface area (Å²) in [4.78, 5) is 28.1. The van der Waals surface area contributed by atoms with Gasteiger partial charge in [0.05, 0.1) is 34.2 Å². The number of Topliss-reactive ketones (excluding diaryl/α,β-unsaturated/α-hetero) is 2. The summed E-state index contributed by atoms with van der Waals surface area (Å²) >= 11 is 7.05. The summed E-state index contributed by atoms with van der Waals surface area (Å²) in [5, 5.41) is 5.70. The Balaban J connectivity index is 1.84. The Morgan fingerprint density at radius 1 is 1.30 bits per heavy atom. The van der Waals surface area contributed by atoms with E-state index in [1.165, 1.54) is 17.5 Å². The Morgan fingerprint density at radius 2 is 2.15 bits per heavy atom. The molecule has 7 heteroatoms. The van der Waals surface area contributed by atoms with Crippen molar-refractivity contribution in [2.45, 2.75) is 6.42 Å². The standard InChI is InChI=1S/C13H8ClN3O2S/c14-13-3-8(7-20-13)11(18)4-12(19)9-5-16-17-2-1-15-6-10(9)17/h1-3,5-7H,4H2. The van der Waals surface area contributed by atoms with Crippen LogP contribution in [-0.4, -0.2) is 26.2 Å². The quantitative estimate of drug-likeness (QED) is 0.549. The van der Waals surface area contributed by atoms with Gasteiger partial charge in [0.25, 0.3) is 0 Å². The van der Waals surface area contributed by atoms with Gasteiger partial charge in [-0.2, -0.15) is 5.10 Å². The average molecular weight is 306 g/mol. The SMILES string of the molecule is O=C(CC(=O)c1cnn2ccncc12)c1csc(Cl)c1. The average Bonchev–Trinajstić information content (AvgIpc) is 3.04. The van der Waals surface area contributed by atoms with Gasteiger partial charge in [-0.3, -0.25) is 14.6 Å². The molecule has 3 rings (SSSR count). The second kappa shape index (κ2) is 5.15. The smallest absolute Gasteiger partial charge is 0.174 e. The van der Waals surface area contributed by atoms with Crippen molar-refractivity contribution in [3.05, 3.63) is 51.7 Å². The van der Waals surface area contributed by atoms with Gasteiger partial charge in [0.2, 0.25) is 0 Å². The number of hydrogen-bond acceptors (Lipinski definition) is 5. The first-order valence-corrected chi connectivity index (χ1v) is 6.98. The minimum absolute atomic E-state index is 0.205. The van der Waals surface area contributed by atoms with Crippen LogP contribution in [0.2, 0.25) is 4.34 Å². The highest BCUT2D eigenvalue weighted by molar-refractivity contribution is 7.14. The largest absolute Gasteiger partial charge is 0.294 e. The van der Waals surface area contributed by atoms with Gasteiger partial charge in [-0.15, -0.1) is 11.3 Å². The first-order valence-electron chi connectivity index (χ1n) is 5.73. The van der Waals surface area contributed by atoms with Crippen LogP contribution in [0.15, 0.2) is 36.2 Å². The van der Waals surface area contributed by atoms with Crippen LogP contribution in [0.3, 0.4) is 0 Å². The van der Waals surface area contributed by atoms with Crippen LogP contribution in [0.25, 0.3) is 5.52 Å². The van der Waals surface area contributed by atoms with Crippen LogP contribution in [0.5, 0.6) is 0 Å². The van der Waals surface area contributed by atoms with E-state index in [9.17, 15) is 9.59 Å². The van der Waals surface area contributed by atoms with E-state index in [4.69, 9.17) is 11.6 Å². The van der Waals surface area contributed by atoms with Crippen LogP contribution in [0.4, 0.5) is 0 Å². The highest BCUT2D eigenvalue weighted by Crippen LogP contribution is 2.22. The van der Waals surface area contributed by atoms with Crippen molar-refractivity contribution in [3.63, 3.8) is 0 Å². The zero-order chi connectivity index (χ0) is 14.1. The first-order chi connectivity index (χ1) is 9.65. The molecule has 0 fully saturated rings. The summed E-state index contributed by atoms with van der Waals surface area (Å²) < 4.78 is 2.08. The predicted octanol–water partition coefficient (Wildman–Crippen LogP) is 2.90. The third kappa shape index (κ3) is 2.35. The molecule has 0 aliphatic heterocycles. The van der Waals surface area contributed by atoms with E-state index in [1.807, 2.05) is 0 Å². The minimum Gasteiger partial charge on any atom is -0.294 e. The van der Waals surface area contributed by atoms with Crippen LogP contribution in [0, 0.1) is 0 Å². The van der Waals surface area contributed by atoms with Gasteiger partial charge in [0.1, 0.15) is 0 Å². The molecule has 0 saturated carbocycles. The number of carbonyl (C=O) groups is 2. The Morgan fingerprint density at radius 3 is 2.90 bits per heavy atom. The van der Waals surface area contributed by atoms with Crippen molar-refractivity contribution in [3.8, 4) is 0 Å². The Hall–Kier alpha value is -2.05. The number of carbonyl (C=O) groups excluding carboxylic acids is 2. The molecule has 20 heavy (non-hydrogen) atoms. The van der Waals surface area contributed by atoms with E-state index in [2.05, 4.69) is 10.1 Å². The number of ketones is 2. The summed E-state index contributed by atoms with van der Waals surface area (Å²) in [5.41, 5.74) is 1.45. The third-order valence-corrected chi connectivity index (χ3v) is 3.93. The van der Waals surface area contributed by atoms with Gasteiger partial charge in [-0.1, -0.05) is 11.6 Å². The molecule has 0 saturated heterocycles. The summed E-state index contributed by atoms with van der Waals surface area (Å²) in [6.07, 6.45) is 6.02. The molecule has 0 unspecified atom stereocenters. The van der Waals surface area contributed by atoms with Gasteiger partial charge >= 0.3 is 0 Å². The van der Waals surface area contributed by atoms with Crippen molar-refractivity contribution in [1.29, 1.82) is 0 Å². The van der Waals surface area contributed by atoms with Crippen molar-refractivity contribution in [1.82, 2.24) is 14.6 Å². The molecule has 3 aromatic rings. The van der Waals surface area contributed by atoms with Crippen molar-refractivity contribution >= 4 is 40.0 Å². The molecule has 0 N–H and O–H groups in total. The fourth-order valence-electron chi connectivity index (χ4n) is 1.85. The van der Waals surface area contributed by atoms with Crippen molar-refractivity contribution in [2.24, 2.45) is 0 Å². The zero-order valence-corrected chi connectivity index (χ0v) is 11.7. The van der Waals surface area contributed by atoms with Gasteiger partial charge in [-0.05, 0) is 6.07 Å². The second-order valence-electron chi connectivity index (χ2n) is 4.13. The lowest BCUT2D eigenvalue weighted by Crippen LogP contribution is -2.07. The lowest BCUT2D eigenvalue weighted by Gasteiger charge is -1.98. The number of hydrogen-bond donors (Lipinski definition) is 0. The fourth-order valence-corrected chi connectivity index (χ4v) is 2.73. The molecule has 0 amide bonds. The monoisotopic (exact) mass is 305 g/mol.